The van der Waals surface area contributed by atoms with E-state index in [0.717, 1.165) is 19.3 Å². The highest BCUT2D eigenvalue weighted by Crippen LogP contribution is 2.44. The van der Waals surface area contributed by atoms with Gasteiger partial charge in [-0.25, -0.2) is 4.79 Å². The van der Waals surface area contributed by atoms with Gasteiger partial charge in [0, 0.05) is 31.5 Å². The lowest BCUT2D eigenvalue weighted by atomic mass is 9.98. The van der Waals surface area contributed by atoms with Crippen LogP contribution in [-0.4, -0.2) is 53.7 Å². The van der Waals surface area contributed by atoms with Crippen molar-refractivity contribution in [2.45, 2.75) is 44.1 Å². The zero-order valence-electron chi connectivity index (χ0n) is 19.1. The number of amides is 2. The van der Waals surface area contributed by atoms with Crippen LogP contribution in [0.5, 0.6) is 0 Å². The Labute approximate surface area is 199 Å². The van der Waals surface area contributed by atoms with Gasteiger partial charge in [0.25, 0.3) is 0 Å². The first-order chi connectivity index (χ1) is 16.5. The number of carboxylic acid groups (broad SMARTS) is 1. The molecule has 1 aliphatic heterocycles. The summed E-state index contributed by atoms with van der Waals surface area (Å²) in [6.07, 6.45) is 2.96. The average molecular weight is 463 g/mol. The Morgan fingerprint density at radius 1 is 0.971 bits per heavy atom. The predicted molar refractivity (Wildman–Crippen MR) is 126 cm³/mol. The monoisotopic (exact) mass is 462 g/mol. The van der Waals surface area contributed by atoms with Gasteiger partial charge >= 0.3 is 12.1 Å². The maximum absolute atomic E-state index is 12.6. The van der Waals surface area contributed by atoms with E-state index in [4.69, 9.17) is 9.84 Å². The van der Waals surface area contributed by atoms with Gasteiger partial charge in [0.05, 0.1) is 5.92 Å². The number of carbonyl (C=O) groups excluding carboxylic acids is 2. The van der Waals surface area contributed by atoms with Crippen LogP contribution in [0.4, 0.5) is 4.79 Å². The molecule has 1 heterocycles. The highest BCUT2D eigenvalue weighted by molar-refractivity contribution is 5.80. The van der Waals surface area contributed by atoms with Gasteiger partial charge in [-0.05, 0) is 53.9 Å². The van der Waals surface area contributed by atoms with E-state index in [2.05, 4.69) is 29.6 Å². The van der Waals surface area contributed by atoms with Gasteiger partial charge in [0.1, 0.15) is 6.61 Å². The molecule has 7 heteroatoms. The van der Waals surface area contributed by atoms with Crippen LogP contribution in [0, 0.1) is 11.8 Å². The third-order valence-electron chi connectivity index (χ3n) is 7.56. The van der Waals surface area contributed by atoms with Crippen LogP contribution >= 0.6 is 0 Å². The maximum atomic E-state index is 12.6. The van der Waals surface area contributed by atoms with Crippen molar-refractivity contribution in [2.24, 2.45) is 11.8 Å². The minimum atomic E-state index is -0.830. The van der Waals surface area contributed by atoms with Gasteiger partial charge < -0.3 is 20.1 Å². The van der Waals surface area contributed by atoms with E-state index < -0.39 is 18.0 Å². The highest BCUT2D eigenvalue weighted by atomic mass is 16.5. The summed E-state index contributed by atoms with van der Waals surface area (Å²) in [7, 11) is 0. The number of benzene rings is 2. The number of rotatable bonds is 6. The van der Waals surface area contributed by atoms with Crippen LogP contribution in [0.25, 0.3) is 11.1 Å². The van der Waals surface area contributed by atoms with Crippen molar-refractivity contribution < 1.29 is 24.2 Å². The molecule has 0 radical (unpaired) electrons. The van der Waals surface area contributed by atoms with E-state index in [0.29, 0.717) is 25.9 Å². The Bertz CT molecular complexity index is 1050. The number of alkyl carbamates (subject to hydrolysis) is 1. The van der Waals surface area contributed by atoms with Crippen LogP contribution in [0.3, 0.4) is 0 Å². The summed E-state index contributed by atoms with van der Waals surface area (Å²) in [4.78, 5) is 37.9. The quantitative estimate of drug-likeness (QED) is 0.676. The summed E-state index contributed by atoms with van der Waals surface area (Å²) in [5, 5.41) is 12.1. The Balaban J connectivity index is 1.10. The number of aliphatic carboxylic acids is 1. The Morgan fingerprint density at radius 2 is 1.65 bits per heavy atom. The minimum absolute atomic E-state index is 0.00111. The van der Waals surface area contributed by atoms with Gasteiger partial charge in [0.15, 0.2) is 0 Å². The van der Waals surface area contributed by atoms with Gasteiger partial charge in [-0.2, -0.15) is 0 Å². The lowest BCUT2D eigenvalue weighted by Crippen LogP contribution is -2.35. The molecule has 0 bridgehead atoms. The normalized spacial score (nSPS) is 23.4. The average Bonchev–Trinajstić information content (AvgIpc) is 3.56. The standard InChI is InChI=1S/C27H30N2O5/c30-25(29-12-11-18(15-29)26(31)32)14-17-9-10-19(13-17)28-27(33)34-16-24-22-7-3-1-5-20(22)21-6-2-4-8-23(21)24/h1-8,17-19,24H,9-16H2,(H,28,33)(H,31,32)/t17-,18?,19+/m1/s1. The molecule has 0 spiro atoms. The molecule has 2 aliphatic carbocycles. The molecule has 3 aliphatic rings. The first-order valence-electron chi connectivity index (χ1n) is 12.1. The second kappa shape index (κ2) is 9.49. The van der Waals surface area contributed by atoms with Crippen LogP contribution in [0.1, 0.15) is 49.1 Å². The summed E-state index contributed by atoms with van der Waals surface area (Å²) < 4.78 is 5.65. The van der Waals surface area contributed by atoms with Crippen LogP contribution in [0.15, 0.2) is 48.5 Å². The number of nitrogens with one attached hydrogen (secondary N) is 1. The van der Waals surface area contributed by atoms with Crippen molar-refractivity contribution in [3.05, 3.63) is 59.7 Å². The van der Waals surface area contributed by atoms with Crippen LogP contribution in [-0.2, 0) is 14.3 Å². The first-order valence-corrected chi connectivity index (χ1v) is 12.1. The molecular formula is C27H30N2O5. The number of nitrogens with zero attached hydrogens (tertiary/aromatic N) is 1. The van der Waals surface area contributed by atoms with Crippen molar-refractivity contribution >= 4 is 18.0 Å². The summed E-state index contributed by atoms with van der Waals surface area (Å²) in [6.45, 7) is 1.11. The molecule has 7 nitrogen and oxygen atoms in total. The van der Waals surface area contributed by atoms with Gasteiger partial charge in [-0.15, -0.1) is 0 Å². The molecule has 2 aromatic rings. The molecule has 1 unspecified atom stereocenters. The Hall–Kier alpha value is -3.35. The summed E-state index contributed by atoms with van der Waals surface area (Å²) in [6, 6.07) is 16.5. The van der Waals surface area contributed by atoms with Crippen molar-refractivity contribution in [1.82, 2.24) is 10.2 Å². The molecule has 2 fully saturated rings. The molecule has 5 rings (SSSR count). The SMILES string of the molecule is O=C(N[C@H]1CC[C@@H](CC(=O)N2CCC(C(=O)O)C2)C1)OCC1c2ccccc2-c2ccccc21. The molecule has 34 heavy (non-hydrogen) atoms. The Morgan fingerprint density at radius 3 is 2.29 bits per heavy atom. The fourth-order valence-corrected chi connectivity index (χ4v) is 5.76. The smallest absolute Gasteiger partial charge is 0.407 e. The number of hydrogen-bond acceptors (Lipinski definition) is 4. The van der Waals surface area contributed by atoms with Crippen LogP contribution < -0.4 is 5.32 Å². The van der Waals surface area contributed by atoms with Gasteiger partial charge in [-0.3, -0.25) is 9.59 Å². The predicted octanol–water partition coefficient (Wildman–Crippen LogP) is 4.02. The summed E-state index contributed by atoms with van der Waals surface area (Å²) >= 11 is 0. The molecule has 2 amide bonds. The third-order valence-corrected chi connectivity index (χ3v) is 7.56. The number of likely N-dealkylation sites (tertiary alicyclic amines) is 1. The van der Waals surface area contributed by atoms with E-state index in [1.54, 1.807) is 4.90 Å². The highest BCUT2D eigenvalue weighted by Gasteiger charge is 2.34. The zero-order valence-corrected chi connectivity index (χ0v) is 19.1. The number of carbonyl (C=O) groups is 3. The summed E-state index contributed by atoms with van der Waals surface area (Å²) in [5.41, 5.74) is 4.76. The molecule has 0 aromatic heterocycles. The third kappa shape index (κ3) is 4.52. The van der Waals surface area contributed by atoms with Crippen molar-refractivity contribution in [1.29, 1.82) is 0 Å². The summed E-state index contributed by atoms with van der Waals surface area (Å²) in [5.74, 6) is -1.02. The first kappa shape index (κ1) is 22.4. The van der Waals surface area contributed by atoms with Crippen molar-refractivity contribution in [3.63, 3.8) is 0 Å². The number of carboxylic acids is 1. The molecule has 2 N–H and O–H groups in total. The minimum Gasteiger partial charge on any atom is -0.481 e. The molecule has 1 saturated carbocycles. The molecule has 178 valence electrons. The fourth-order valence-electron chi connectivity index (χ4n) is 5.76. The van der Waals surface area contributed by atoms with Gasteiger partial charge in [0.2, 0.25) is 5.91 Å². The van der Waals surface area contributed by atoms with Crippen LogP contribution in [0.2, 0.25) is 0 Å². The van der Waals surface area contributed by atoms with E-state index >= 15 is 0 Å². The zero-order chi connectivity index (χ0) is 23.7. The van der Waals surface area contributed by atoms with E-state index in [1.807, 2.05) is 24.3 Å². The second-order valence-corrected chi connectivity index (χ2v) is 9.71. The van der Waals surface area contributed by atoms with E-state index in [1.165, 1.54) is 22.3 Å². The second-order valence-electron chi connectivity index (χ2n) is 9.71. The molecule has 3 atom stereocenters. The molecule has 2 aromatic carbocycles. The van der Waals surface area contributed by atoms with E-state index in [-0.39, 0.29) is 30.4 Å². The lowest BCUT2D eigenvalue weighted by molar-refractivity contribution is -0.141. The fraction of sp³-hybridized carbons (Fsp3) is 0.444. The van der Waals surface area contributed by atoms with Gasteiger partial charge in [-0.1, -0.05) is 48.5 Å². The van der Waals surface area contributed by atoms with Crippen molar-refractivity contribution in [3.8, 4) is 11.1 Å². The van der Waals surface area contributed by atoms with Crippen molar-refractivity contribution in [2.75, 3.05) is 19.7 Å². The lowest BCUT2D eigenvalue weighted by Gasteiger charge is -2.19. The Kier molecular flexibility index (Phi) is 6.26. The topological polar surface area (TPSA) is 95.9 Å². The van der Waals surface area contributed by atoms with E-state index in [9.17, 15) is 14.4 Å². The number of ether oxygens (including phenoxy) is 1. The number of fused-ring (bicyclic) bond motifs is 3. The number of hydrogen-bond donors (Lipinski definition) is 2. The maximum Gasteiger partial charge on any atom is 0.407 e. The molecular weight excluding hydrogens is 432 g/mol. The molecule has 1 saturated heterocycles. The largest absolute Gasteiger partial charge is 0.481 e.